The third kappa shape index (κ3) is 64.2. The molecule has 3 unspecified atom stereocenters. The van der Waals surface area contributed by atoms with Gasteiger partial charge >= 0.3 is 25.7 Å². The number of hydrogen-bond acceptors (Lipinski definition) is 10. The van der Waals surface area contributed by atoms with Crippen LogP contribution in [0.4, 0.5) is 0 Å². The summed E-state index contributed by atoms with van der Waals surface area (Å²) in [7, 11) is -4.76. The highest BCUT2D eigenvalue weighted by molar-refractivity contribution is 7.47. The monoisotopic (exact) mass is 1210 g/mol. The van der Waals surface area contributed by atoms with Crippen LogP contribution in [0.2, 0.25) is 0 Å². The number of allylic oxidation sites excluding steroid dienone is 6. The van der Waals surface area contributed by atoms with Crippen LogP contribution in [0.25, 0.3) is 0 Å². The number of unbranched alkanes of at least 4 members (excludes halogenated alkanes) is 45. The van der Waals surface area contributed by atoms with E-state index in [1.165, 1.54) is 238 Å². The van der Waals surface area contributed by atoms with Crippen LogP contribution in [-0.2, 0) is 42.2 Å². The van der Waals surface area contributed by atoms with Crippen molar-refractivity contribution in [3.63, 3.8) is 0 Å². The molecule has 84 heavy (non-hydrogen) atoms. The number of ether oxygens (including phenoxy) is 3. The first-order valence-corrected chi connectivity index (χ1v) is 37.4. The lowest BCUT2D eigenvalue weighted by Gasteiger charge is -2.21. The van der Waals surface area contributed by atoms with Gasteiger partial charge in [0.2, 0.25) is 0 Å². The Hall–Kier alpha value is -2.30. The molecule has 0 radical (unpaired) electrons. The van der Waals surface area contributed by atoms with Crippen LogP contribution in [0, 0.1) is 0 Å². The maximum Gasteiger partial charge on any atom is 0.472 e. The van der Waals surface area contributed by atoms with Gasteiger partial charge in [-0.2, -0.15) is 0 Å². The number of carbonyl (C=O) groups excluding carboxylic acids is 3. The van der Waals surface area contributed by atoms with Crippen LogP contribution in [0.5, 0.6) is 0 Å². The Morgan fingerprint density at radius 1 is 0.333 bits per heavy atom. The summed E-state index contributed by atoms with van der Waals surface area (Å²) in [5.74, 6) is -1.44. The molecule has 0 rings (SSSR count). The molecule has 494 valence electrons. The summed E-state index contributed by atoms with van der Waals surface area (Å²) < 4.78 is 39.9. The summed E-state index contributed by atoms with van der Waals surface area (Å²) in [5, 5.41) is 9.89. The topological polar surface area (TPSA) is 155 Å². The predicted octanol–water partition coefficient (Wildman–Crippen LogP) is 22.3. The van der Waals surface area contributed by atoms with Crippen LogP contribution in [0.3, 0.4) is 0 Å². The van der Waals surface area contributed by atoms with Gasteiger partial charge in [0.25, 0.3) is 0 Å². The number of esters is 3. The molecule has 0 aliphatic rings. The normalized spacial score (nSPS) is 13.3. The number of phosphoric acid groups is 1. The number of aliphatic hydroxyl groups excluding tert-OH is 1. The molecule has 0 saturated carbocycles. The average molecular weight is 1210 g/mol. The van der Waals surface area contributed by atoms with Crippen molar-refractivity contribution in [1.82, 2.24) is 0 Å². The van der Waals surface area contributed by atoms with Gasteiger partial charge in [-0.3, -0.25) is 23.4 Å². The quantitative estimate of drug-likeness (QED) is 0.0197. The zero-order valence-corrected chi connectivity index (χ0v) is 56.0. The minimum atomic E-state index is -4.76. The van der Waals surface area contributed by atoms with Crippen molar-refractivity contribution in [2.75, 3.05) is 26.4 Å². The lowest BCUT2D eigenvalue weighted by atomic mass is 10.0. The molecule has 0 fully saturated rings. The van der Waals surface area contributed by atoms with Crippen molar-refractivity contribution in [1.29, 1.82) is 0 Å². The Bertz CT molecular complexity index is 1550. The Morgan fingerprint density at radius 3 is 0.917 bits per heavy atom. The van der Waals surface area contributed by atoms with Crippen molar-refractivity contribution >= 4 is 25.7 Å². The molecule has 0 spiro atoms. The molecule has 0 aromatic heterocycles. The second-order valence-electron chi connectivity index (χ2n) is 24.4. The van der Waals surface area contributed by atoms with Crippen molar-refractivity contribution in [3.8, 4) is 0 Å². The van der Waals surface area contributed by atoms with Gasteiger partial charge in [-0.15, -0.1) is 0 Å². The third-order valence-corrected chi connectivity index (χ3v) is 17.0. The van der Waals surface area contributed by atoms with E-state index in [2.05, 4.69) is 57.2 Å². The minimum absolute atomic E-state index is 0.166. The average Bonchev–Trinajstić information content (AvgIpc) is 3.53. The fourth-order valence-electron chi connectivity index (χ4n) is 10.6. The van der Waals surface area contributed by atoms with E-state index in [9.17, 15) is 28.9 Å². The smallest absolute Gasteiger partial charge is 0.462 e. The number of rotatable bonds is 68. The fourth-order valence-corrected chi connectivity index (χ4v) is 11.3. The minimum Gasteiger partial charge on any atom is -0.462 e. The predicted molar refractivity (Wildman–Crippen MR) is 353 cm³/mol. The standard InChI is InChI=1S/C72H135O11P/c1-4-7-10-13-16-19-22-25-28-31-34-37-40-43-46-49-52-55-58-61-70(74)79-65-69(83-72(76)63-60-57-54-51-48-45-42-39-36-33-30-27-24-21-18-15-12-9-6-3)67-81-84(77,78)80-66-68(64-73)82-71(75)62-59-56-53-50-47-44-41-38-35-32-29-26-23-20-17-14-11-8-5-2/h18,21,25,27-28,30,68-69,73H,4-17,19-20,22-24,26,29,31-67H2,1-3H3,(H,77,78)/b21-18-,28-25-,30-27-. The van der Waals surface area contributed by atoms with Crippen LogP contribution in [0.15, 0.2) is 36.5 Å². The number of hydrogen-bond donors (Lipinski definition) is 2. The first-order chi connectivity index (χ1) is 41.2. The van der Waals surface area contributed by atoms with Gasteiger partial charge in [-0.05, 0) is 77.0 Å². The van der Waals surface area contributed by atoms with Gasteiger partial charge in [0.05, 0.1) is 19.8 Å². The molecule has 11 nitrogen and oxygen atoms in total. The first kappa shape index (κ1) is 81.7. The molecule has 2 N–H and O–H groups in total. The molecule has 0 amide bonds. The first-order valence-electron chi connectivity index (χ1n) is 35.9. The summed E-state index contributed by atoms with van der Waals surface area (Å²) in [5.41, 5.74) is 0. The maximum atomic E-state index is 13.0. The summed E-state index contributed by atoms with van der Waals surface area (Å²) in [4.78, 5) is 48.9. The Morgan fingerprint density at radius 2 is 0.583 bits per heavy atom. The van der Waals surface area contributed by atoms with Crippen molar-refractivity contribution in [2.24, 2.45) is 0 Å². The van der Waals surface area contributed by atoms with E-state index in [4.69, 9.17) is 23.3 Å². The van der Waals surface area contributed by atoms with E-state index in [1.54, 1.807) is 0 Å². The number of carbonyl (C=O) groups is 3. The van der Waals surface area contributed by atoms with Gasteiger partial charge in [0, 0.05) is 19.3 Å². The lowest BCUT2D eigenvalue weighted by Crippen LogP contribution is -2.30. The zero-order chi connectivity index (χ0) is 61.2. The lowest BCUT2D eigenvalue weighted by molar-refractivity contribution is -0.161. The van der Waals surface area contributed by atoms with Gasteiger partial charge < -0.3 is 24.2 Å². The van der Waals surface area contributed by atoms with E-state index in [1.807, 2.05) is 0 Å². The summed E-state index contributed by atoms with van der Waals surface area (Å²) >= 11 is 0. The summed E-state index contributed by atoms with van der Waals surface area (Å²) in [6.45, 7) is 4.71. The van der Waals surface area contributed by atoms with E-state index >= 15 is 0 Å². The van der Waals surface area contributed by atoms with E-state index in [0.717, 1.165) is 70.6 Å². The Balaban J connectivity index is 4.63. The van der Waals surface area contributed by atoms with Crippen LogP contribution >= 0.6 is 7.82 Å². The molecule has 3 atom stereocenters. The van der Waals surface area contributed by atoms with Crippen LogP contribution in [-0.4, -0.2) is 66.5 Å². The molecule has 0 aromatic carbocycles. The van der Waals surface area contributed by atoms with Crippen LogP contribution < -0.4 is 0 Å². The van der Waals surface area contributed by atoms with Crippen molar-refractivity contribution < 1.29 is 52.2 Å². The molecule has 0 aliphatic heterocycles. The Labute approximate surface area is 518 Å². The van der Waals surface area contributed by atoms with E-state index in [-0.39, 0.29) is 25.9 Å². The Kier molecular flexibility index (Phi) is 64.8. The second-order valence-corrected chi connectivity index (χ2v) is 25.9. The largest absolute Gasteiger partial charge is 0.472 e. The van der Waals surface area contributed by atoms with E-state index in [0.29, 0.717) is 19.3 Å². The SMILES string of the molecule is CCCCC/C=C\C/C=C\CCCCCCCCCCCC(=O)OC(COC(=O)CCCCCCCCCCC/C=C\CCCCCCCC)COP(=O)(O)OCC(CO)OC(=O)CCCCCCCCCCCCCCCCCCCCC. The molecule has 0 aromatic rings. The highest BCUT2D eigenvalue weighted by Gasteiger charge is 2.28. The zero-order valence-electron chi connectivity index (χ0n) is 55.1. The molecule has 0 saturated heterocycles. The highest BCUT2D eigenvalue weighted by Crippen LogP contribution is 2.43. The number of phosphoric ester groups is 1. The van der Waals surface area contributed by atoms with Gasteiger partial charge in [-0.1, -0.05) is 308 Å². The molecule has 0 aliphatic carbocycles. The van der Waals surface area contributed by atoms with E-state index < -0.39 is 57.8 Å². The highest BCUT2D eigenvalue weighted by atomic mass is 31.2. The number of aliphatic hydroxyl groups is 1. The molecular formula is C72H135O11P. The van der Waals surface area contributed by atoms with Gasteiger partial charge in [0.15, 0.2) is 6.10 Å². The van der Waals surface area contributed by atoms with Crippen molar-refractivity contribution in [3.05, 3.63) is 36.5 Å². The van der Waals surface area contributed by atoms with Crippen molar-refractivity contribution in [2.45, 2.75) is 380 Å². The molecule has 0 heterocycles. The molecule has 12 heteroatoms. The maximum absolute atomic E-state index is 13.0. The van der Waals surface area contributed by atoms with Gasteiger partial charge in [0.1, 0.15) is 12.7 Å². The summed E-state index contributed by atoms with van der Waals surface area (Å²) in [6.07, 6.45) is 73.8. The van der Waals surface area contributed by atoms with Crippen LogP contribution in [0.1, 0.15) is 367 Å². The summed E-state index contributed by atoms with van der Waals surface area (Å²) in [6, 6.07) is 0. The third-order valence-electron chi connectivity index (χ3n) is 16.0. The fraction of sp³-hybridized carbons (Fsp3) is 0.875. The molecule has 0 bridgehead atoms. The second kappa shape index (κ2) is 66.6. The molecular weight excluding hydrogens is 1070 g/mol. The van der Waals surface area contributed by atoms with Gasteiger partial charge in [-0.25, -0.2) is 4.57 Å².